The number of carboxylic acid groups (broad SMARTS) is 2. The van der Waals surface area contributed by atoms with Gasteiger partial charge in [-0.2, -0.15) is 11.8 Å². The van der Waals surface area contributed by atoms with Crippen LogP contribution in [0.2, 0.25) is 0 Å². The molecular weight excluding hydrogens is 1160 g/mol. The highest BCUT2D eigenvalue weighted by Gasteiger charge is 2.40. The van der Waals surface area contributed by atoms with Gasteiger partial charge in [0.05, 0.1) is 6.04 Å². The summed E-state index contributed by atoms with van der Waals surface area (Å²) in [7, 11) is 0. The Morgan fingerprint density at radius 1 is 0.591 bits per heavy atom. The SMILES string of the molecule is CSCC[C@H](N)C(=O)N1CCC[C@H]1C(=O)N[C@@H](Cc1ccc(O)cc1)C(=O)N[C@@H](CCCN=C(N)N)C(=O)N[C@@H](CC(C)C)C(=O)N[C@@H](Cc1ccccc1)C(=O)N[C@@H](CCC(N)=O)C(=O)N[C@@H](CCC(=O)O)C(=O)N[C@@H](C)C(=O)N1CCC[C@H]1C(=O)O. The van der Waals surface area contributed by atoms with Crippen molar-refractivity contribution in [2.24, 2.45) is 33.8 Å². The zero-order valence-corrected chi connectivity index (χ0v) is 50.9. The van der Waals surface area contributed by atoms with Crippen molar-refractivity contribution >= 4 is 88.7 Å². The summed E-state index contributed by atoms with van der Waals surface area (Å²) in [4.78, 5) is 170. The van der Waals surface area contributed by atoms with E-state index in [9.17, 15) is 72.9 Å². The van der Waals surface area contributed by atoms with Gasteiger partial charge in [0, 0.05) is 45.3 Å². The number of thioether (sulfide) groups is 1. The Morgan fingerprint density at radius 2 is 1.07 bits per heavy atom. The lowest BCUT2D eigenvalue weighted by Gasteiger charge is -2.30. The fourth-order valence-corrected chi connectivity index (χ4v) is 10.6. The summed E-state index contributed by atoms with van der Waals surface area (Å²) in [5.74, 6) is -10.9. The number of primary amides is 1. The van der Waals surface area contributed by atoms with Crippen molar-refractivity contribution in [1.29, 1.82) is 0 Å². The first-order chi connectivity index (χ1) is 41.7. The zero-order valence-electron chi connectivity index (χ0n) is 50.1. The number of phenolic OH excluding ortho intramolecular Hbond substituents is 1. The van der Waals surface area contributed by atoms with E-state index in [1.54, 1.807) is 56.3 Å². The molecule has 0 spiro atoms. The topological polar surface area (TPSA) is 473 Å². The van der Waals surface area contributed by atoms with E-state index in [2.05, 4.69) is 42.2 Å². The third kappa shape index (κ3) is 23.6. The van der Waals surface area contributed by atoms with Crippen LogP contribution in [-0.2, 0) is 70.4 Å². The lowest BCUT2D eigenvalue weighted by molar-refractivity contribution is -0.149. The first kappa shape index (κ1) is 71.9. The molecule has 0 aromatic heterocycles. The van der Waals surface area contributed by atoms with Gasteiger partial charge in [0.1, 0.15) is 60.1 Å². The van der Waals surface area contributed by atoms with E-state index in [-0.39, 0.29) is 82.2 Å². The molecule has 18 N–H and O–H groups in total. The van der Waals surface area contributed by atoms with Crippen molar-refractivity contribution in [1.82, 2.24) is 47.0 Å². The van der Waals surface area contributed by atoms with Crippen molar-refractivity contribution in [3.05, 3.63) is 65.7 Å². The van der Waals surface area contributed by atoms with Gasteiger partial charge in [0.15, 0.2) is 5.96 Å². The van der Waals surface area contributed by atoms with Crippen LogP contribution in [0.5, 0.6) is 5.75 Å². The molecule has 4 rings (SSSR count). The van der Waals surface area contributed by atoms with Gasteiger partial charge in [0.25, 0.3) is 0 Å². The van der Waals surface area contributed by atoms with Gasteiger partial charge >= 0.3 is 11.9 Å². The molecule has 0 aliphatic carbocycles. The number of benzene rings is 2. The number of carbonyl (C=O) groups is 12. The van der Waals surface area contributed by atoms with Gasteiger partial charge in [-0.05, 0) is 112 Å². The molecule has 0 unspecified atom stereocenters. The number of nitrogens with two attached hydrogens (primary N) is 4. The molecule has 2 aliphatic rings. The number of aliphatic carboxylic acids is 2. The Bertz CT molecular complexity index is 2790. The van der Waals surface area contributed by atoms with E-state index in [4.69, 9.17) is 22.9 Å². The van der Waals surface area contributed by atoms with Crippen LogP contribution in [0.4, 0.5) is 0 Å². The number of nitrogens with zero attached hydrogens (tertiary/aromatic N) is 3. The van der Waals surface area contributed by atoms with Crippen LogP contribution in [-0.4, -0.2) is 194 Å². The molecule has 10 atom stereocenters. The third-order valence-electron chi connectivity index (χ3n) is 14.8. The summed E-state index contributed by atoms with van der Waals surface area (Å²) >= 11 is 1.52. The van der Waals surface area contributed by atoms with Crippen molar-refractivity contribution in [3.63, 3.8) is 0 Å². The molecule has 2 aromatic carbocycles. The summed E-state index contributed by atoms with van der Waals surface area (Å²) < 4.78 is 0. The number of aromatic hydroxyl groups is 1. The number of nitrogens with one attached hydrogen (secondary N) is 7. The molecule has 2 aromatic rings. The Balaban J connectivity index is 1.63. The molecule has 10 amide bonds. The van der Waals surface area contributed by atoms with E-state index in [1.165, 1.54) is 35.7 Å². The average Bonchev–Trinajstić information content (AvgIpc) is 4.41. The van der Waals surface area contributed by atoms with Gasteiger partial charge in [-0.1, -0.05) is 56.3 Å². The summed E-state index contributed by atoms with van der Waals surface area (Å²) in [5.41, 5.74) is 23.9. The molecular formula is C58H86N14O15S. The summed E-state index contributed by atoms with van der Waals surface area (Å²) in [6, 6.07) is 0.900. The lowest BCUT2D eigenvalue weighted by atomic mass is 9.99. The minimum atomic E-state index is -1.67. The normalized spacial score (nSPS) is 17.3. The second-order valence-electron chi connectivity index (χ2n) is 22.3. The number of amides is 10. The van der Waals surface area contributed by atoms with Crippen molar-refractivity contribution in [3.8, 4) is 5.75 Å². The number of hydrogen-bond acceptors (Lipinski definition) is 16. The van der Waals surface area contributed by atoms with E-state index in [1.807, 2.05) is 6.26 Å². The van der Waals surface area contributed by atoms with Crippen LogP contribution in [0, 0.1) is 5.92 Å². The largest absolute Gasteiger partial charge is 0.508 e. The molecule has 0 radical (unpaired) electrons. The fourth-order valence-electron chi connectivity index (χ4n) is 10.1. The number of carbonyl (C=O) groups excluding carboxylic acids is 10. The second kappa shape index (κ2) is 35.9. The molecule has 30 heteroatoms. The first-order valence-electron chi connectivity index (χ1n) is 29.3. The maximum absolute atomic E-state index is 14.7. The van der Waals surface area contributed by atoms with E-state index >= 15 is 0 Å². The van der Waals surface area contributed by atoms with Gasteiger partial charge in [-0.15, -0.1) is 0 Å². The quantitative estimate of drug-likeness (QED) is 0.0199. The Labute approximate surface area is 514 Å². The lowest BCUT2D eigenvalue weighted by Crippen LogP contribution is -2.61. The number of rotatable bonds is 36. The van der Waals surface area contributed by atoms with Crippen LogP contribution < -0.4 is 60.2 Å². The monoisotopic (exact) mass is 1250 g/mol. The van der Waals surface area contributed by atoms with E-state index in [0.29, 0.717) is 36.1 Å². The van der Waals surface area contributed by atoms with Crippen LogP contribution in [0.3, 0.4) is 0 Å². The third-order valence-corrected chi connectivity index (χ3v) is 15.4. The van der Waals surface area contributed by atoms with Gasteiger partial charge in [0.2, 0.25) is 59.1 Å². The van der Waals surface area contributed by atoms with Crippen LogP contribution in [0.15, 0.2) is 59.6 Å². The Hall–Kier alpha value is -8.54. The number of guanidine groups is 1. The highest BCUT2D eigenvalue weighted by Crippen LogP contribution is 2.22. The zero-order chi connectivity index (χ0) is 65.2. The fraction of sp³-hybridized carbons (Fsp3) is 0.569. The Kier molecular flexibility index (Phi) is 29.4. The van der Waals surface area contributed by atoms with Gasteiger partial charge in [-0.3, -0.25) is 57.7 Å². The summed E-state index contributed by atoms with van der Waals surface area (Å²) in [6.07, 6.45) is 1.12. The first-order valence-corrected chi connectivity index (χ1v) is 30.7. The van der Waals surface area contributed by atoms with Crippen molar-refractivity contribution in [2.75, 3.05) is 31.6 Å². The smallest absolute Gasteiger partial charge is 0.326 e. The van der Waals surface area contributed by atoms with Crippen LogP contribution in [0.25, 0.3) is 0 Å². The number of likely N-dealkylation sites (tertiary alicyclic amines) is 2. The van der Waals surface area contributed by atoms with Gasteiger partial charge < -0.3 is 85.3 Å². The highest BCUT2D eigenvalue weighted by atomic mass is 32.2. The van der Waals surface area contributed by atoms with E-state index < -0.39 is 157 Å². The van der Waals surface area contributed by atoms with Crippen LogP contribution in [0.1, 0.15) is 109 Å². The predicted octanol–water partition coefficient (Wildman–Crippen LogP) is -2.03. The maximum Gasteiger partial charge on any atom is 0.326 e. The summed E-state index contributed by atoms with van der Waals surface area (Å²) in [6.45, 7) is 5.19. The molecule has 0 bridgehead atoms. The summed E-state index contributed by atoms with van der Waals surface area (Å²) in [5, 5.41) is 47.5. The minimum absolute atomic E-state index is 0.0106. The molecule has 484 valence electrons. The standard InChI is InChI=1S/C58H86N14O15S/c1-32(2)29-41(68-49(78)38(13-8-25-63-58(61)62)65-53(82)43(31-35-16-18-36(73)19-17-35)70-54(83)44-14-9-26-71(44)56(85)37(59)24-28-88-4)51(80)69-42(30-34-11-6-5-7-12-34)52(81)67-39(20-22-46(60)74)50(79)66-40(21-23-47(75)76)48(77)64-33(3)55(84)72-27-10-15-45(72)57(86)87/h5-7,11-12,16-19,32-33,37-45,73H,8-10,13-15,20-31,59H2,1-4H3,(H2,60,74)(H,64,77)(H,65,82)(H,66,79)(H,67,81)(H,68,78)(H,69,80)(H,70,83)(H,75,76)(H,86,87)(H4,61,62,63)/t33-,37-,38-,39-,40-,41-,42-,43-,44-,45-/m0/s1. The maximum atomic E-state index is 14.7. The molecule has 2 fully saturated rings. The molecule has 2 heterocycles. The molecule has 29 nitrogen and oxygen atoms in total. The molecule has 2 saturated heterocycles. The second-order valence-corrected chi connectivity index (χ2v) is 23.3. The van der Waals surface area contributed by atoms with Crippen LogP contribution >= 0.6 is 11.8 Å². The van der Waals surface area contributed by atoms with E-state index in [0.717, 1.165) is 4.90 Å². The number of carboxylic acids is 2. The average molecular weight is 1250 g/mol. The van der Waals surface area contributed by atoms with Gasteiger partial charge in [-0.25, -0.2) is 4.79 Å². The predicted molar refractivity (Wildman–Crippen MR) is 324 cm³/mol. The van der Waals surface area contributed by atoms with Crippen molar-refractivity contribution in [2.45, 2.75) is 171 Å². The number of hydrogen-bond donors (Lipinski definition) is 14. The number of aliphatic imine (C=N–C) groups is 1. The molecule has 2 aliphatic heterocycles. The Morgan fingerprint density at radius 3 is 1.60 bits per heavy atom. The highest BCUT2D eigenvalue weighted by molar-refractivity contribution is 7.98. The number of phenols is 1. The minimum Gasteiger partial charge on any atom is -0.508 e. The molecule has 88 heavy (non-hydrogen) atoms. The van der Waals surface area contributed by atoms with Crippen molar-refractivity contribution < 1.29 is 72.9 Å². The molecule has 0 saturated carbocycles.